The largest absolute Gasteiger partial charge is 0.484 e. The molecule has 0 unspecified atom stereocenters. The molecular formula is C31H41N3O3. The van der Waals surface area contributed by atoms with E-state index in [0.29, 0.717) is 17.9 Å². The molecule has 3 fully saturated rings. The van der Waals surface area contributed by atoms with Crippen LogP contribution in [-0.4, -0.2) is 78.4 Å². The van der Waals surface area contributed by atoms with Crippen molar-refractivity contribution in [2.75, 3.05) is 45.9 Å². The highest BCUT2D eigenvalue weighted by Crippen LogP contribution is 2.28. The molecule has 0 spiro atoms. The number of amides is 2. The Balaban J connectivity index is 0.994. The lowest BCUT2D eigenvalue weighted by Crippen LogP contribution is -2.51. The Hall–Kier alpha value is -2.86. The summed E-state index contributed by atoms with van der Waals surface area (Å²) in [5.74, 6) is 2.06. The average molecular weight is 504 g/mol. The number of hydrogen-bond acceptors (Lipinski definition) is 4. The number of hydrogen-bond donors (Lipinski definition) is 0. The van der Waals surface area contributed by atoms with Gasteiger partial charge in [-0.25, -0.2) is 0 Å². The Morgan fingerprint density at radius 3 is 1.95 bits per heavy atom. The van der Waals surface area contributed by atoms with Crippen LogP contribution in [0.5, 0.6) is 5.75 Å². The van der Waals surface area contributed by atoms with Gasteiger partial charge in [-0.3, -0.25) is 9.59 Å². The summed E-state index contributed by atoms with van der Waals surface area (Å²) < 4.78 is 5.64. The Morgan fingerprint density at radius 2 is 1.30 bits per heavy atom. The molecule has 0 radical (unpaired) electrons. The van der Waals surface area contributed by atoms with E-state index in [1.165, 1.54) is 5.56 Å². The van der Waals surface area contributed by atoms with Crippen LogP contribution in [0.4, 0.5) is 0 Å². The van der Waals surface area contributed by atoms with E-state index in [2.05, 4.69) is 40.1 Å². The fourth-order valence-electron chi connectivity index (χ4n) is 6.31. The van der Waals surface area contributed by atoms with Crippen LogP contribution in [0.2, 0.25) is 0 Å². The van der Waals surface area contributed by atoms with Gasteiger partial charge < -0.3 is 19.4 Å². The van der Waals surface area contributed by atoms with Gasteiger partial charge in [0.1, 0.15) is 5.75 Å². The highest BCUT2D eigenvalue weighted by molar-refractivity contribution is 5.79. The van der Waals surface area contributed by atoms with Gasteiger partial charge in [-0.2, -0.15) is 0 Å². The average Bonchev–Trinajstić information content (AvgIpc) is 2.97. The van der Waals surface area contributed by atoms with Crippen molar-refractivity contribution in [1.29, 1.82) is 0 Å². The van der Waals surface area contributed by atoms with Crippen molar-refractivity contribution in [1.82, 2.24) is 14.7 Å². The van der Waals surface area contributed by atoms with Crippen LogP contribution in [0.15, 0.2) is 60.7 Å². The lowest BCUT2D eigenvalue weighted by Gasteiger charge is -2.42. The van der Waals surface area contributed by atoms with E-state index in [-0.39, 0.29) is 18.4 Å². The van der Waals surface area contributed by atoms with Crippen LogP contribution in [0.25, 0.3) is 0 Å². The van der Waals surface area contributed by atoms with Crippen molar-refractivity contribution in [3.63, 3.8) is 0 Å². The first-order valence-electron chi connectivity index (χ1n) is 14.2. The summed E-state index contributed by atoms with van der Waals surface area (Å²) in [5.41, 5.74) is 1.41. The molecule has 0 aliphatic carbocycles. The third-order valence-electron chi connectivity index (χ3n) is 8.61. The number of carbonyl (C=O) groups is 2. The number of benzene rings is 2. The minimum absolute atomic E-state index is 0.0687. The SMILES string of the molecule is O=C(COc1ccccc1)N1CCC(N2CCC(C(=O)N3CCC(Cc4ccccc4)CC3)CC2)CC1. The standard InChI is InChI=1S/C31H41N3O3/c35-30(24-37-29-9-5-2-6-10-29)33-21-15-28(16-22-33)32-19-13-27(14-20-32)31(36)34-17-11-26(12-18-34)23-25-7-3-1-4-8-25/h1-10,26-28H,11-24H2. The maximum atomic E-state index is 13.2. The zero-order valence-corrected chi connectivity index (χ0v) is 22.0. The molecule has 3 aliphatic rings. The van der Waals surface area contributed by atoms with Crippen molar-refractivity contribution < 1.29 is 14.3 Å². The first-order valence-corrected chi connectivity index (χ1v) is 14.2. The number of nitrogens with zero attached hydrogens (tertiary/aromatic N) is 3. The molecule has 2 aromatic carbocycles. The monoisotopic (exact) mass is 503 g/mol. The van der Waals surface area contributed by atoms with E-state index in [1.54, 1.807) is 0 Å². The smallest absolute Gasteiger partial charge is 0.260 e. The summed E-state index contributed by atoms with van der Waals surface area (Å²) in [7, 11) is 0. The van der Waals surface area contributed by atoms with Gasteiger partial charge in [0.2, 0.25) is 5.91 Å². The minimum Gasteiger partial charge on any atom is -0.484 e. The summed E-state index contributed by atoms with van der Waals surface area (Å²) in [4.78, 5) is 32.5. The third-order valence-corrected chi connectivity index (χ3v) is 8.61. The molecule has 0 N–H and O–H groups in total. The van der Waals surface area contributed by atoms with Crippen molar-refractivity contribution in [3.8, 4) is 5.75 Å². The molecule has 6 heteroatoms. The molecule has 6 nitrogen and oxygen atoms in total. The van der Waals surface area contributed by atoms with E-state index < -0.39 is 0 Å². The molecule has 5 rings (SSSR count). The van der Waals surface area contributed by atoms with Crippen LogP contribution < -0.4 is 4.74 Å². The zero-order chi connectivity index (χ0) is 25.5. The second-order valence-electron chi connectivity index (χ2n) is 11.0. The van der Waals surface area contributed by atoms with Gasteiger partial charge in [0.25, 0.3) is 5.91 Å². The van der Waals surface area contributed by atoms with Gasteiger partial charge in [-0.15, -0.1) is 0 Å². The van der Waals surface area contributed by atoms with E-state index in [1.807, 2.05) is 35.2 Å². The van der Waals surface area contributed by atoms with Gasteiger partial charge in [0, 0.05) is 38.1 Å². The van der Waals surface area contributed by atoms with E-state index in [9.17, 15) is 9.59 Å². The molecule has 0 saturated carbocycles. The minimum atomic E-state index is 0.0687. The second-order valence-corrected chi connectivity index (χ2v) is 11.0. The Labute approximate surface area is 221 Å². The molecule has 0 atom stereocenters. The molecule has 3 saturated heterocycles. The molecular weight excluding hydrogens is 462 g/mol. The lowest BCUT2D eigenvalue weighted by molar-refractivity contribution is -0.139. The molecule has 37 heavy (non-hydrogen) atoms. The molecule has 2 aromatic rings. The zero-order valence-electron chi connectivity index (χ0n) is 22.0. The predicted octanol–water partition coefficient (Wildman–Crippen LogP) is 4.25. The number of likely N-dealkylation sites (tertiary alicyclic amines) is 3. The Bertz CT molecular complexity index is 991. The van der Waals surface area contributed by atoms with Crippen LogP contribution >= 0.6 is 0 Å². The summed E-state index contributed by atoms with van der Waals surface area (Å²) >= 11 is 0. The topological polar surface area (TPSA) is 53.1 Å². The van der Waals surface area contributed by atoms with Crippen LogP contribution in [-0.2, 0) is 16.0 Å². The maximum Gasteiger partial charge on any atom is 0.260 e. The lowest BCUT2D eigenvalue weighted by atomic mass is 9.88. The molecule has 198 valence electrons. The fourth-order valence-corrected chi connectivity index (χ4v) is 6.31. The second kappa shape index (κ2) is 12.6. The van der Waals surface area contributed by atoms with Gasteiger partial charge in [-0.1, -0.05) is 48.5 Å². The molecule has 2 amide bonds. The molecule has 3 aliphatic heterocycles. The van der Waals surface area contributed by atoms with Crippen molar-refractivity contribution >= 4 is 11.8 Å². The summed E-state index contributed by atoms with van der Waals surface area (Å²) in [6.45, 7) is 5.50. The van der Waals surface area contributed by atoms with Crippen LogP contribution in [0.1, 0.15) is 44.1 Å². The fraction of sp³-hybridized carbons (Fsp3) is 0.548. The molecule has 3 heterocycles. The first-order chi connectivity index (χ1) is 18.2. The van der Waals surface area contributed by atoms with Gasteiger partial charge in [0.05, 0.1) is 0 Å². The summed E-state index contributed by atoms with van der Waals surface area (Å²) in [6, 6.07) is 20.8. The Kier molecular flexibility index (Phi) is 8.77. The maximum absolute atomic E-state index is 13.2. The van der Waals surface area contributed by atoms with Crippen molar-refractivity contribution in [2.45, 2.75) is 51.0 Å². The number of rotatable bonds is 7. The van der Waals surface area contributed by atoms with Crippen molar-refractivity contribution in [2.24, 2.45) is 11.8 Å². The van der Waals surface area contributed by atoms with Gasteiger partial charge in [0.15, 0.2) is 6.61 Å². The molecule has 0 bridgehead atoms. The van der Waals surface area contributed by atoms with E-state index in [0.717, 1.165) is 90.0 Å². The molecule has 0 aromatic heterocycles. The third kappa shape index (κ3) is 6.92. The summed E-state index contributed by atoms with van der Waals surface area (Å²) in [5, 5.41) is 0. The van der Waals surface area contributed by atoms with E-state index in [4.69, 9.17) is 4.74 Å². The van der Waals surface area contributed by atoms with Crippen molar-refractivity contribution in [3.05, 3.63) is 66.2 Å². The van der Waals surface area contributed by atoms with Gasteiger partial charge >= 0.3 is 0 Å². The highest BCUT2D eigenvalue weighted by Gasteiger charge is 2.34. The van der Waals surface area contributed by atoms with Crippen LogP contribution in [0.3, 0.4) is 0 Å². The number of ether oxygens (including phenoxy) is 1. The number of piperidine rings is 3. The normalized spacial score (nSPS) is 20.6. The van der Waals surface area contributed by atoms with E-state index >= 15 is 0 Å². The predicted molar refractivity (Wildman–Crippen MR) is 145 cm³/mol. The quantitative estimate of drug-likeness (QED) is 0.567. The van der Waals surface area contributed by atoms with Gasteiger partial charge in [-0.05, 0) is 81.6 Å². The first kappa shape index (κ1) is 25.8. The Morgan fingerprint density at radius 1 is 0.703 bits per heavy atom. The number of para-hydroxylation sites is 1. The summed E-state index contributed by atoms with van der Waals surface area (Å²) in [6.07, 6.45) is 7.31. The number of carbonyl (C=O) groups excluding carboxylic acids is 2. The van der Waals surface area contributed by atoms with Crippen LogP contribution in [0, 0.1) is 11.8 Å². The highest BCUT2D eigenvalue weighted by atomic mass is 16.5.